The first-order valence-corrected chi connectivity index (χ1v) is 19.5. The van der Waals surface area contributed by atoms with Gasteiger partial charge in [0.1, 0.15) is 10.1 Å². The second kappa shape index (κ2) is 10.8. The van der Waals surface area contributed by atoms with Crippen molar-refractivity contribution in [2.24, 2.45) is 9.98 Å². The van der Waals surface area contributed by atoms with Crippen LogP contribution in [-0.2, 0) is 5.41 Å². The van der Waals surface area contributed by atoms with Crippen LogP contribution in [0.1, 0.15) is 47.2 Å². The molecule has 5 aliphatic rings. The van der Waals surface area contributed by atoms with E-state index in [9.17, 15) is 0 Å². The minimum atomic E-state index is -0.624. The summed E-state index contributed by atoms with van der Waals surface area (Å²) in [6, 6.07) is 59.4. The predicted molar refractivity (Wildman–Crippen MR) is 219 cm³/mol. The standard InChI is InChI=1S/C47H33N3S2/c1-45-41(48-43(51-45)30-18-6-3-7-19-30)39-33-24-12-13-25-34(33)47(40(39)42-46(45,2)52-44(49-42)31-20-8-4-9-21-31)35-26-14-16-28-37(35)50(32-22-10-5-11-23-32)38-29-17-15-27-36(38)47/h3-29H,1-2H3/t45-,46-/m1/s1. The van der Waals surface area contributed by atoms with E-state index in [0.29, 0.717) is 0 Å². The van der Waals surface area contributed by atoms with Gasteiger partial charge in [-0.15, -0.1) is 0 Å². The van der Waals surface area contributed by atoms with Crippen molar-refractivity contribution < 1.29 is 0 Å². The van der Waals surface area contributed by atoms with Crippen LogP contribution in [0.2, 0.25) is 0 Å². The highest BCUT2D eigenvalue weighted by Crippen LogP contribution is 2.73. The number of fused-ring (bicyclic) bond motifs is 12. The van der Waals surface area contributed by atoms with E-state index in [0.717, 1.165) is 38.3 Å². The zero-order valence-corrected chi connectivity index (χ0v) is 30.4. The van der Waals surface area contributed by atoms with Crippen molar-refractivity contribution in [1.82, 2.24) is 0 Å². The van der Waals surface area contributed by atoms with Gasteiger partial charge in [0.15, 0.2) is 0 Å². The van der Waals surface area contributed by atoms with E-state index < -0.39 is 10.2 Å². The van der Waals surface area contributed by atoms with Crippen molar-refractivity contribution in [3.8, 4) is 0 Å². The van der Waals surface area contributed by atoms with E-state index in [1.807, 2.05) is 23.5 Å². The minimum absolute atomic E-state index is 0.389. The maximum atomic E-state index is 5.80. The molecule has 0 bridgehead atoms. The van der Waals surface area contributed by atoms with E-state index in [1.165, 1.54) is 44.8 Å². The number of anilines is 3. The molecule has 3 heterocycles. The molecule has 0 saturated carbocycles. The van der Waals surface area contributed by atoms with Crippen LogP contribution >= 0.6 is 23.5 Å². The third kappa shape index (κ3) is 3.75. The lowest BCUT2D eigenvalue weighted by molar-refractivity contribution is 0.578. The Morgan fingerprint density at radius 1 is 0.462 bits per heavy atom. The molecule has 52 heavy (non-hydrogen) atoms. The lowest BCUT2D eigenvalue weighted by atomic mass is 9.61. The van der Waals surface area contributed by atoms with Gasteiger partial charge in [-0.1, -0.05) is 163 Å². The third-order valence-corrected chi connectivity index (χ3v) is 14.9. The molecule has 248 valence electrons. The molecule has 2 atom stereocenters. The molecular weight excluding hydrogens is 671 g/mol. The Hall–Kier alpha value is -5.36. The summed E-state index contributed by atoms with van der Waals surface area (Å²) in [5, 5.41) is 2.13. The van der Waals surface area contributed by atoms with Gasteiger partial charge < -0.3 is 4.90 Å². The van der Waals surface area contributed by atoms with Crippen molar-refractivity contribution in [1.29, 1.82) is 0 Å². The predicted octanol–water partition coefficient (Wildman–Crippen LogP) is 11.7. The third-order valence-electron chi connectivity index (χ3n) is 11.7. The van der Waals surface area contributed by atoms with Gasteiger partial charge in [-0.2, -0.15) is 0 Å². The molecule has 11 rings (SSSR count). The molecule has 3 nitrogen and oxygen atoms in total. The van der Waals surface area contributed by atoms with Gasteiger partial charge in [0, 0.05) is 28.0 Å². The van der Waals surface area contributed by atoms with Crippen LogP contribution in [0.15, 0.2) is 191 Å². The van der Waals surface area contributed by atoms with Gasteiger partial charge in [-0.05, 0) is 60.4 Å². The van der Waals surface area contributed by atoms with Crippen molar-refractivity contribution in [2.75, 3.05) is 4.90 Å². The van der Waals surface area contributed by atoms with Crippen LogP contribution in [0, 0.1) is 0 Å². The molecule has 0 fully saturated rings. The van der Waals surface area contributed by atoms with Crippen LogP contribution < -0.4 is 4.90 Å². The maximum Gasteiger partial charge on any atom is 0.105 e. The first-order valence-electron chi connectivity index (χ1n) is 17.8. The molecule has 6 aromatic rings. The second-order valence-electron chi connectivity index (χ2n) is 14.3. The Balaban J connectivity index is 1.31. The Labute approximate surface area is 312 Å². The van der Waals surface area contributed by atoms with Gasteiger partial charge in [-0.3, -0.25) is 0 Å². The molecular formula is C47H33N3S2. The summed E-state index contributed by atoms with van der Waals surface area (Å²) >= 11 is 3.82. The molecule has 0 aromatic heterocycles. The van der Waals surface area contributed by atoms with E-state index in [4.69, 9.17) is 9.98 Å². The average molecular weight is 704 g/mol. The normalized spacial score (nSPS) is 23.0. The molecule has 0 amide bonds. The molecule has 0 saturated heterocycles. The van der Waals surface area contributed by atoms with E-state index >= 15 is 0 Å². The zero-order valence-electron chi connectivity index (χ0n) is 28.7. The zero-order chi connectivity index (χ0) is 34.7. The molecule has 0 N–H and O–H groups in total. The Morgan fingerprint density at radius 2 is 0.904 bits per heavy atom. The number of allylic oxidation sites excluding steroid dienone is 2. The molecule has 1 spiro atoms. The smallest absolute Gasteiger partial charge is 0.105 e. The first-order chi connectivity index (χ1) is 25.5. The average Bonchev–Trinajstić information content (AvgIpc) is 3.85. The second-order valence-corrected chi connectivity index (χ2v) is 17.1. The van der Waals surface area contributed by atoms with E-state index in [2.05, 4.69) is 183 Å². The molecule has 0 unspecified atom stereocenters. The fraction of sp³-hybridized carbons (Fsp3) is 0.106. The van der Waals surface area contributed by atoms with Gasteiger partial charge in [0.05, 0.1) is 37.7 Å². The maximum absolute atomic E-state index is 5.80. The Bertz CT molecular complexity index is 2560. The summed E-state index contributed by atoms with van der Waals surface area (Å²) in [6.45, 7) is 4.85. The monoisotopic (exact) mass is 703 g/mol. The van der Waals surface area contributed by atoms with Gasteiger partial charge in [-0.25, -0.2) is 9.98 Å². The number of para-hydroxylation sites is 3. The number of benzene rings is 6. The summed E-state index contributed by atoms with van der Waals surface area (Å²) in [5.74, 6) is 0. The molecule has 5 heteroatoms. The Kier molecular flexibility index (Phi) is 6.31. The lowest BCUT2D eigenvalue weighted by Crippen LogP contribution is -2.49. The summed E-state index contributed by atoms with van der Waals surface area (Å²) in [7, 11) is 0. The number of thioether (sulfide) groups is 2. The molecule has 6 aromatic carbocycles. The molecule has 3 aliphatic heterocycles. The van der Waals surface area contributed by atoms with Crippen LogP contribution in [0.5, 0.6) is 0 Å². The van der Waals surface area contributed by atoms with E-state index in [-0.39, 0.29) is 4.75 Å². The van der Waals surface area contributed by atoms with Crippen molar-refractivity contribution in [2.45, 2.75) is 28.8 Å². The van der Waals surface area contributed by atoms with Crippen molar-refractivity contribution in [3.05, 3.63) is 214 Å². The SMILES string of the molecule is C[C@@]12SC(c3ccccc3)=NC1=C1C(=C3N=C(c4ccccc4)S[C@]32C)C2(c3ccccc31)c1ccccc1N(c1ccccc1)c1ccccc12. The summed E-state index contributed by atoms with van der Waals surface area (Å²) in [4.78, 5) is 13.9. The number of hydrogen-bond donors (Lipinski definition) is 0. The Morgan fingerprint density at radius 3 is 1.48 bits per heavy atom. The van der Waals surface area contributed by atoms with Crippen LogP contribution in [0.25, 0.3) is 5.57 Å². The lowest BCUT2D eigenvalue weighted by Gasteiger charge is -2.49. The molecule has 0 radical (unpaired) electrons. The highest BCUT2D eigenvalue weighted by atomic mass is 32.2. The number of rotatable bonds is 3. The van der Waals surface area contributed by atoms with Crippen molar-refractivity contribution >= 4 is 56.2 Å². The summed E-state index contributed by atoms with van der Waals surface area (Å²) in [6.07, 6.45) is 0. The fourth-order valence-electron chi connectivity index (χ4n) is 9.28. The van der Waals surface area contributed by atoms with Crippen LogP contribution in [0.4, 0.5) is 17.1 Å². The largest absolute Gasteiger partial charge is 0.310 e. The van der Waals surface area contributed by atoms with E-state index in [1.54, 1.807) is 0 Å². The highest BCUT2D eigenvalue weighted by molar-refractivity contribution is 8.20. The van der Waals surface area contributed by atoms with Gasteiger partial charge in [0.2, 0.25) is 0 Å². The first kappa shape index (κ1) is 30.3. The van der Waals surface area contributed by atoms with Crippen molar-refractivity contribution in [3.63, 3.8) is 0 Å². The summed E-state index contributed by atoms with van der Waals surface area (Å²) < 4.78 is -0.814. The minimum Gasteiger partial charge on any atom is -0.310 e. The van der Waals surface area contributed by atoms with Crippen LogP contribution in [-0.4, -0.2) is 19.6 Å². The molecule has 2 aliphatic carbocycles. The quantitative estimate of drug-likeness (QED) is 0.184. The topological polar surface area (TPSA) is 28.0 Å². The van der Waals surface area contributed by atoms with Gasteiger partial charge in [0.25, 0.3) is 0 Å². The summed E-state index contributed by atoms with van der Waals surface area (Å²) in [5.41, 5.74) is 15.1. The van der Waals surface area contributed by atoms with Crippen LogP contribution in [0.3, 0.4) is 0 Å². The highest BCUT2D eigenvalue weighted by Gasteiger charge is 2.67. The van der Waals surface area contributed by atoms with Gasteiger partial charge >= 0.3 is 0 Å². The number of hydrogen-bond acceptors (Lipinski definition) is 5. The fourth-order valence-corrected chi connectivity index (χ4v) is 12.2. The number of nitrogens with zero attached hydrogens (tertiary/aromatic N) is 3. The number of aliphatic imine (C=N–C) groups is 2.